The van der Waals surface area contributed by atoms with Gasteiger partial charge in [0, 0.05) is 23.3 Å². The highest BCUT2D eigenvalue weighted by Crippen LogP contribution is 2.22. The van der Waals surface area contributed by atoms with Crippen molar-refractivity contribution in [1.82, 2.24) is 29.4 Å². The predicted octanol–water partition coefficient (Wildman–Crippen LogP) is 4.04. The Morgan fingerprint density at radius 3 is 2.56 bits per heavy atom. The van der Waals surface area contributed by atoms with Crippen LogP contribution in [0.5, 0.6) is 0 Å². The van der Waals surface area contributed by atoms with Gasteiger partial charge in [-0.25, -0.2) is 14.5 Å². The largest absolute Gasteiger partial charge is 0.269 e. The number of nitrogens with zero attached hydrogens (tertiary/aromatic N) is 6. The molecule has 0 atom stereocenters. The van der Waals surface area contributed by atoms with E-state index in [1.165, 1.54) is 5.56 Å². The molecule has 0 aliphatic rings. The van der Waals surface area contributed by atoms with E-state index in [-0.39, 0.29) is 0 Å². The van der Waals surface area contributed by atoms with Crippen molar-refractivity contribution in [2.24, 2.45) is 0 Å². The second kappa shape index (κ2) is 6.48. The van der Waals surface area contributed by atoms with Gasteiger partial charge in [0.05, 0.1) is 5.39 Å². The van der Waals surface area contributed by atoms with Crippen LogP contribution in [0.4, 0.5) is 0 Å². The van der Waals surface area contributed by atoms with E-state index >= 15 is 0 Å². The minimum absolute atomic E-state index is 0.637. The predicted molar refractivity (Wildman–Crippen MR) is 105 cm³/mol. The maximum absolute atomic E-state index is 5.97. The minimum atomic E-state index is 0.637. The van der Waals surface area contributed by atoms with Crippen molar-refractivity contribution >= 4 is 28.3 Å². The van der Waals surface area contributed by atoms with Crippen molar-refractivity contribution in [1.29, 1.82) is 0 Å². The number of benzene rings is 2. The maximum atomic E-state index is 5.97. The number of hydrogen-bond acceptors (Lipinski definition) is 4. The van der Waals surface area contributed by atoms with Gasteiger partial charge in [0.2, 0.25) is 0 Å². The molecule has 132 valence electrons. The van der Waals surface area contributed by atoms with Crippen LogP contribution in [0.3, 0.4) is 0 Å². The van der Waals surface area contributed by atoms with Gasteiger partial charge in [0.1, 0.15) is 6.33 Å². The van der Waals surface area contributed by atoms with Crippen LogP contribution in [0.2, 0.25) is 5.02 Å². The van der Waals surface area contributed by atoms with Gasteiger partial charge < -0.3 is 0 Å². The van der Waals surface area contributed by atoms with Gasteiger partial charge in [-0.15, -0.1) is 5.10 Å². The average molecular weight is 375 g/mol. The third-order valence-corrected chi connectivity index (χ3v) is 4.73. The van der Waals surface area contributed by atoms with E-state index in [1.807, 2.05) is 41.2 Å². The molecule has 0 aliphatic carbocycles. The molecule has 27 heavy (non-hydrogen) atoms. The van der Waals surface area contributed by atoms with E-state index in [4.69, 9.17) is 11.6 Å². The van der Waals surface area contributed by atoms with Crippen LogP contribution in [0, 0.1) is 0 Å². The summed E-state index contributed by atoms with van der Waals surface area (Å²) in [7, 11) is 0. The molecule has 3 aromatic heterocycles. The fourth-order valence-corrected chi connectivity index (χ4v) is 3.21. The molecule has 0 unspecified atom stereocenters. The Labute approximate surface area is 160 Å². The molecule has 7 heteroatoms. The second-order valence-electron chi connectivity index (χ2n) is 6.32. The summed E-state index contributed by atoms with van der Waals surface area (Å²) in [5.74, 6) is 0.637. The summed E-state index contributed by atoms with van der Waals surface area (Å²) in [4.78, 5) is 9.10. The number of aromatic nitrogens is 6. The Kier molecular flexibility index (Phi) is 3.83. The fraction of sp³-hybridized carbons (Fsp3) is 0.100. The highest BCUT2D eigenvalue weighted by Gasteiger charge is 2.12. The SMILES string of the molecule is Clc1ccc(-c2nc3c4cn(CCc5ccccc5)nc4ncn3n2)cc1. The van der Waals surface area contributed by atoms with Crippen LogP contribution in [0.15, 0.2) is 67.1 Å². The van der Waals surface area contributed by atoms with Crippen LogP contribution >= 0.6 is 11.6 Å². The zero-order valence-corrected chi connectivity index (χ0v) is 15.1. The molecule has 0 radical (unpaired) electrons. The maximum Gasteiger partial charge on any atom is 0.186 e. The van der Waals surface area contributed by atoms with E-state index in [1.54, 1.807) is 10.8 Å². The zero-order chi connectivity index (χ0) is 18.2. The zero-order valence-electron chi connectivity index (χ0n) is 14.3. The summed E-state index contributed by atoms with van der Waals surface area (Å²) in [5.41, 5.74) is 3.61. The highest BCUT2D eigenvalue weighted by atomic mass is 35.5. The Balaban J connectivity index is 1.50. The van der Waals surface area contributed by atoms with Crippen LogP contribution in [0.1, 0.15) is 5.56 Å². The topological polar surface area (TPSA) is 60.9 Å². The van der Waals surface area contributed by atoms with E-state index in [9.17, 15) is 0 Å². The lowest BCUT2D eigenvalue weighted by Crippen LogP contribution is -2.01. The molecule has 0 saturated carbocycles. The highest BCUT2D eigenvalue weighted by molar-refractivity contribution is 6.30. The smallest absolute Gasteiger partial charge is 0.186 e. The van der Waals surface area contributed by atoms with Crippen LogP contribution in [0.25, 0.3) is 28.1 Å². The Morgan fingerprint density at radius 2 is 1.74 bits per heavy atom. The number of hydrogen-bond donors (Lipinski definition) is 0. The quantitative estimate of drug-likeness (QED) is 0.476. The molecule has 6 nitrogen and oxygen atoms in total. The summed E-state index contributed by atoms with van der Waals surface area (Å²) in [6, 6.07) is 17.8. The monoisotopic (exact) mass is 374 g/mol. The second-order valence-corrected chi connectivity index (χ2v) is 6.76. The molecule has 3 heterocycles. The third-order valence-electron chi connectivity index (χ3n) is 4.48. The van der Waals surface area contributed by atoms with Crippen molar-refractivity contribution in [2.45, 2.75) is 13.0 Å². The van der Waals surface area contributed by atoms with Gasteiger partial charge >= 0.3 is 0 Å². The molecule has 2 aromatic carbocycles. The molecule has 0 spiro atoms. The fourth-order valence-electron chi connectivity index (χ4n) is 3.09. The van der Waals surface area contributed by atoms with Gasteiger partial charge in [-0.1, -0.05) is 41.9 Å². The molecule has 0 fully saturated rings. The molecule has 0 N–H and O–H groups in total. The van der Waals surface area contributed by atoms with Crippen LogP contribution < -0.4 is 0 Å². The first kappa shape index (κ1) is 16.0. The van der Waals surface area contributed by atoms with E-state index in [0.29, 0.717) is 16.5 Å². The van der Waals surface area contributed by atoms with Crippen molar-refractivity contribution in [3.8, 4) is 11.4 Å². The van der Waals surface area contributed by atoms with Gasteiger partial charge in [-0.05, 0) is 36.2 Å². The van der Waals surface area contributed by atoms with Gasteiger partial charge in [-0.2, -0.15) is 5.10 Å². The van der Waals surface area contributed by atoms with Crippen molar-refractivity contribution < 1.29 is 0 Å². The summed E-state index contributed by atoms with van der Waals surface area (Å²) < 4.78 is 3.61. The normalized spacial score (nSPS) is 11.4. The standard InChI is InChI=1S/C20H15ClN6/c21-16-8-6-15(7-9-16)18-23-20-17-12-26(11-10-14-4-2-1-3-5-14)24-19(17)22-13-27(20)25-18/h1-9,12-13H,10-11H2. The number of rotatable bonds is 4. The van der Waals surface area contributed by atoms with Crippen molar-refractivity contribution in [3.63, 3.8) is 0 Å². The molecule has 5 rings (SSSR count). The third kappa shape index (κ3) is 3.04. The van der Waals surface area contributed by atoms with Crippen LogP contribution in [-0.4, -0.2) is 29.4 Å². The Bertz CT molecular complexity index is 1220. The molecule has 5 aromatic rings. The summed E-state index contributed by atoms with van der Waals surface area (Å²) >= 11 is 5.97. The lowest BCUT2D eigenvalue weighted by Gasteiger charge is -2.00. The van der Waals surface area contributed by atoms with Crippen LogP contribution in [-0.2, 0) is 13.0 Å². The summed E-state index contributed by atoms with van der Waals surface area (Å²) in [6.45, 7) is 0.782. The molecular formula is C20H15ClN6. The number of halogens is 1. The first-order valence-corrected chi connectivity index (χ1v) is 9.02. The molecular weight excluding hydrogens is 360 g/mol. The molecule has 0 saturated heterocycles. The van der Waals surface area contributed by atoms with Gasteiger partial charge in [-0.3, -0.25) is 4.68 Å². The molecule has 0 aliphatic heterocycles. The summed E-state index contributed by atoms with van der Waals surface area (Å²) in [5, 5.41) is 10.7. The minimum Gasteiger partial charge on any atom is -0.269 e. The summed E-state index contributed by atoms with van der Waals surface area (Å²) in [6.07, 6.45) is 4.55. The Morgan fingerprint density at radius 1 is 0.926 bits per heavy atom. The van der Waals surface area contributed by atoms with E-state index in [0.717, 1.165) is 29.6 Å². The van der Waals surface area contributed by atoms with Gasteiger partial charge in [0.15, 0.2) is 17.1 Å². The van der Waals surface area contributed by atoms with E-state index < -0.39 is 0 Å². The van der Waals surface area contributed by atoms with Crippen molar-refractivity contribution in [3.05, 3.63) is 77.7 Å². The lowest BCUT2D eigenvalue weighted by molar-refractivity contribution is 0.619. The number of aryl methyl sites for hydroxylation is 2. The first-order chi connectivity index (χ1) is 13.3. The Hall–Kier alpha value is -3.25. The average Bonchev–Trinajstić information content (AvgIpc) is 3.31. The van der Waals surface area contributed by atoms with Gasteiger partial charge in [0.25, 0.3) is 0 Å². The van der Waals surface area contributed by atoms with E-state index in [2.05, 4.69) is 44.4 Å². The number of fused-ring (bicyclic) bond motifs is 3. The first-order valence-electron chi connectivity index (χ1n) is 8.65. The van der Waals surface area contributed by atoms with Crippen molar-refractivity contribution in [2.75, 3.05) is 0 Å². The molecule has 0 amide bonds. The lowest BCUT2D eigenvalue weighted by atomic mass is 10.1. The molecule has 0 bridgehead atoms.